The van der Waals surface area contributed by atoms with Crippen molar-refractivity contribution in [2.24, 2.45) is 46.3 Å². The summed E-state index contributed by atoms with van der Waals surface area (Å²) < 4.78 is 0. The Kier molecular flexibility index (Phi) is 6.48. The first kappa shape index (κ1) is 22.8. The maximum Gasteiger partial charge on any atom is 0.0587 e. The lowest BCUT2D eigenvalue weighted by Gasteiger charge is -2.58. The van der Waals surface area contributed by atoms with Crippen LogP contribution in [0.1, 0.15) is 91.9 Å². The molecule has 0 heterocycles. The van der Waals surface area contributed by atoms with E-state index in [0.717, 1.165) is 49.4 Å². The van der Waals surface area contributed by atoms with Gasteiger partial charge >= 0.3 is 0 Å². The van der Waals surface area contributed by atoms with Crippen molar-refractivity contribution >= 4 is 0 Å². The Balaban J connectivity index is 1.46. The minimum absolute atomic E-state index is 0.0162. The normalized spacial score (nSPS) is 46.2. The Morgan fingerprint density at radius 2 is 1.80 bits per heavy atom. The van der Waals surface area contributed by atoms with E-state index in [-0.39, 0.29) is 24.7 Å². The number of aliphatic hydroxyl groups is 3. The van der Waals surface area contributed by atoms with E-state index < -0.39 is 0 Å². The number of aliphatic hydroxyl groups excluding tert-OH is 3. The van der Waals surface area contributed by atoms with Crippen molar-refractivity contribution in [3.63, 3.8) is 0 Å². The number of hydrogen-bond acceptors (Lipinski definition) is 3. The van der Waals surface area contributed by atoms with E-state index in [2.05, 4.69) is 26.8 Å². The standard InChI is InChI=1S/C27H46O3/c1-17(5-10-25(30)18(2)16-28)22-8-9-23-21-7-6-19-15-20(29)11-13-26(19,3)24(21)12-14-27(22,23)4/h6,17-18,20-25,28-30H,5,7-16H2,1-4H3/t17-,18?,20+,21+,22-,23+,24+,25?,26+,27-/m1/s1. The molecule has 0 aromatic heterocycles. The van der Waals surface area contributed by atoms with Gasteiger partial charge in [-0.3, -0.25) is 0 Å². The van der Waals surface area contributed by atoms with Crippen LogP contribution in [0.5, 0.6) is 0 Å². The molecule has 0 saturated heterocycles. The summed E-state index contributed by atoms with van der Waals surface area (Å²) in [5.41, 5.74) is 2.35. The van der Waals surface area contributed by atoms with Crippen molar-refractivity contribution in [1.82, 2.24) is 0 Å². The van der Waals surface area contributed by atoms with E-state index >= 15 is 0 Å². The second-order valence-corrected chi connectivity index (χ2v) is 12.2. The van der Waals surface area contributed by atoms with E-state index in [1.54, 1.807) is 5.57 Å². The zero-order chi connectivity index (χ0) is 21.7. The van der Waals surface area contributed by atoms with Crippen LogP contribution in [0.25, 0.3) is 0 Å². The Bertz CT molecular complexity index is 644. The fourth-order valence-electron chi connectivity index (χ4n) is 8.66. The third kappa shape index (κ3) is 3.71. The average molecular weight is 419 g/mol. The van der Waals surface area contributed by atoms with Crippen molar-refractivity contribution in [2.45, 2.75) is 104 Å². The van der Waals surface area contributed by atoms with Crippen LogP contribution in [0.2, 0.25) is 0 Å². The molecule has 30 heavy (non-hydrogen) atoms. The molecule has 4 aliphatic rings. The van der Waals surface area contributed by atoms with Gasteiger partial charge in [-0.25, -0.2) is 0 Å². The number of fused-ring (bicyclic) bond motifs is 5. The average Bonchev–Trinajstić information content (AvgIpc) is 3.09. The summed E-state index contributed by atoms with van der Waals surface area (Å²) in [7, 11) is 0. The summed E-state index contributed by atoms with van der Waals surface area (Å²) in [6.45, 7) is 9.56. The second kappa shape index (κ2) is 8.52. The van der Waals surface area contributed by atoms with Gasteiger partial charge in [-0.05, 0) is 105 Å². The van der Waals surface area contributed by atoms with Gasteiger partial charge in [0.15, 0.2) is 0 Å². The van der Waals surface area contributed by atoms with E-state index in [0.29, 0.717) is 16.7 Å². The smallest absolute Gasteiger partial charge is 0.0587 e. The molecule has 3 nitrogen and oxygen atoms in total. The number of rotatable bonds is 6. The molecule has 2 unspecified atom stereocenters. The topological polar surface area (TPSA) is 60.7 Å². The molecule has 4 aliphatic carbocycles. The molecule has 3 fully saturated rings. The quantitative estimate of drug-likeness (QED) is 0.511. The summed E-state index contributed by atoms with van der Waals surface area (Å²) in [4.78, 5) is 0. The fourth-order valence-corrected chi connectivity index (χ4v) is 8.66. The van der Waals surface area contributed by atoms with E-state index in [1.807, 2.05) is 6.92 Å². The van der Waals surface area contributed by atoms with Crippen molar-refractivity contribution < 1.29 is 15.3 Å². The highest BCUT2D eigenvalue weighted by Gasteiger charge is 2.59. The molecule has 0 radical (unpaired) electrons. The predicted molar refractivity (Wildman–Crippen MR) is 122 cm³/mol. The third-order valence-corrected chi connectivity index (χ3v) is 10.7. The molecule has 3 heteroatoms. The highest BCUT2D eigenvalue weighted by atomic mass is 16.3. The van der Waals surface area contributed by atoms with Crippen LogP contribution < -0.4 is 0 Å². The Morgan fingerprint density at radius 3 is 2.53 bits per heavy atom. The molecule has 0 aromatic rings. The van der Waals surface area contributed by atoms with Crippen LogP contribution in [0.3, 0.4) is 0 Å². The molecule has 0 bridgehead atoms. The van der Waals surface area contributed by atoms with Gasteiger partial charge in [-0.1, -0.05) is 39.3 Å². The van der Waals surface area contributed by atoms with E-state index in [9.17, 15) is 15.3 Å². The largest absolute Gasteiger partial charge is 0.396 e. The molecule has 0 spiro atoms. The molecule has 172 valence electrons. The van der Waals surface area contributed by atoms with Gasteiger partial charge in [0.05, 0.1) is 12.2 Å². The maximum absolute atomic E-state index is 10.3. The molecular formula is C27H46O3. The molecule has 3 N–H and O–H groups in total. The molecular weight excluding hydrogens is 372 g/mol. The summed E-state index contributed by atoms with van der Waals surface area (Å²) in [5, 5.41) is 29.9. The summed E-state index contributed by atoms with van der Waals surface area (Å²) in [5.74, 6) is 3.87. The van der Waals surface area contributed by atoms with Crippen LogP contribution in [0, 0.1) is 46.3 Å². The Hall–Kier alpha value is -0.380. The first-order valence-electron chi connectivity index (χ1n) is 12.9. The first-order chi connectivity index (χ1) is 14.2. The van der Waals surface area contributed by atoms with Crippen molar-refractivity contribution in [3.8, 4) is 0 Å². The molecule has 3 saturated carbocycles. The van der Waals surface area contributed by atoms with Crippen LogP contribution in [-0.4, -0.2) is 34.1 Å². The zero-order valence-electron chi connectivity index (χ0n) is 19.8. The lowest BCUT2D eigenvalue weighted by Crippen LogP contribution is -2.50. The van der Waals surface area contributed by atoms with Crippen molar-refractivity contribution in [1.29, 1.82) is 0 Å². The molecule has 4 rings (SSSR count). The van der Waals surface area contributed by atoms with Gasteiger partial charge in [0, 0.05) is 12.5 Å². The Labute approximate surface area is 184 Å². The summed E-state index contributed by atoms with van der Waals surface area (Å²) in [6.07, 6.45) is 13.7. The highest BCUT2D eigenvalue weighted by molar-refractivity contribution is 5.25. The second-order valence-electron chi connectivity index (χ2n) is 12.2. The highest BCUT2D eigenvalue weighted by Crippen LogP contribution is 2.67. The third-order valence-electron chi connectivity index (χ3n) is 10.7. The van der Waals surface area contributed by atoms with Crippen LogP contribution in [-0.2, 0) is 0 Å². The molecule has 0 amide bonds. The fraction of sp³-hybridized carbons (Fsp3) is 0.926. The minimum Gasteiger partial charge on any atom is -0.396 e. The van der Waals surface area contributed by atoms with Crippen molar-refractivity contribution in [2.75, 3.05) is 6.61 Å². The van der Waals surface area contributed by atoms with Gasteiger partial charge < -0.3 is 15.3 Å². The van der Waals surface area contributed by atoms with E-state index in [4.69, 9.17) is 0 Å². The first-order valence-corrected chi connectivity index (χ1v) is 12.9. The molecule has 0 aliphatic heterocycles. The monoisotopic (exact) mass is 418 g/mol. The van der Waals surface area contributed by atoms with Crippen molar-refractivity contribution in [3.05, 3.63) is 11.6 Å². The maximum atomic E-state index is 10.3. The zero-order valence-corrected chi connectivity index (χ0v) is 19.8. The lowest BCUT2D eigenvalue weighted by atomic mass is 9.47. The SMILES string of the molecule is CC(CO)C(O)CC[C@@H](C)[C@H]1CC[C@H]2[C@@H]3CC=C4C[C@@H](O)CC[C@]4(C)[C@H]3CC[C@]12C. The van der Waals surface area contributed by atoms with Gasteiger partial charge in [0.25, 0.3) is 0 Å². The molecule has 0 aromatic carbocycles. The van der Waals surface area contributed by atoms with Crippen LogP contribution in [0.15, 0.2) is 11.6 Å². The van der Waals surface area contributed by atoms with Gasteiger partial charge in [-0.15, -0.1) is 0 Å². The van der Waals surface area contributed by atoms with Gasteiger partial charge in [-0.2, -0.15) is 0 Å². The lowest BCUT2D eigenvalue weighted by molar-refractivity contribution is -0.0581. The van der Waals surface area contributed by atoms with E-state index in [1.165, 1.54) is 38.5 Å². The summed E-state index contributed by atoms with van der Waals surface area (Å²) >= 11 is 0. The predicted octanol–water partition coefficient (Wildman–Crippen LogP) is 5.33. The summed E-state index contributed by atoms with van der Waals surface area (Å²) in [6, 6.07) is 0. The van der Waals surface area contributed by atoms with Gasteiger partial charge in [0.1, 0.15) is 0 Å². The Morgan fingerprint density at radius 1 is 1.03 bits per heavy atom. The molecule has 10 atom stereocenters. The van der Waals surface area contributed by atoms with Crippen LogP contribution in [0.4, 0.5) is 0 Å². The number of allylic oxidation sites excluding steroid dienone is 1. The number of hydrogen-bond donors (Lipinski definition) is 3. The van der Waals surface area contributed by atoms with Gasteiger partial charge in [0.2, 0.25) is 0 Å². The minimum atomic E-state index is -0.373. The van der Waals surface area contributed by atoms with Crippen LogP contribution >= 0.6 is 0 Å².